The van der Waals surface area contributed by atoms with Crippen LogP contribution in [-0.2, 0) is 19.1 Å². The maximum atomic E-state index is 12.8. The molecule has 5 heteroatoms. The molecular weight excluding hydrogens is 320 g/mol. The van der Waals surface area contributed by atoms with E-state index in [0.29, 0.717) is 16.7 Å². The second-order valence-corrected chi connectivity index (χ2v) is 6.03. The molecule has 0 amide bonds. The molecule has 1 aromatic carbocycles. The van der Waals surface area contributed by atoms with Crippen molar-refractivity contribution in [1.29, 1.82) is 0 Å². The highest BCUT2D eigenvalue weighted by Crippen LogP contribution is 2.48. The van der Waals surface area contributed by atoms with E-state index in [0.717, 1.165) is 5.57 Å². The van der Waals surface area contributed by atoms with Crippen molar-refractivity contribution in [1.82, 2.24) is 0 Å². The molecule has 1 aliphatic rings. The Bertz CT molecular complexity index is 740. The van der Waals surface area contributed by atoms with E-state index in [2.05, 4.69) is 0 Å². The number of hydrogen-bond donors (Lipinski definition) is 0. The van der Waals surface area contributed by atoms with Gasteiger partial charge in [0.05, 0.1) is 14.2 Å². The highest BCUT2D eigenvalue weighted by Gasteiger charge is 2.54. The van der Waals surface area contributed by atoms with Crippen LogP contribution in [0.3, 0.4) is 0 Å². The lowest BCUT2D eigenvalue weighted by Crippen LogP contribution is -2.38. The van der Waals surface area contributed by atoms with Crippen molar-refractivity contribution in [2.24, 2.45) is 5.41 Å². The van der Waals surface area contributed by atoms with Crippen molar-refractivity contribution in [3.8, 4) is 0 Å². The number of allylic oxidation sites excluding steroid dienone is 4. The minimum atomic E-state index is -1.43. The predicted molar refractivity (Wildman–Crippen MR) is 92.9 cm³/mol. The molecule has 0 bridgehead atoms. The maximum Gasteiger partial charge on any atom is 0.323 e. The van der Waals surface area contributed by atoms with Crippen molar-refractivity contribution in [2.75, 3.05) is 14.2 Å². The molecule has 0 atom stereocenters. The summed E-state index contributed by atoms with van der Waals surface area (Å²) >= 11 is 0. The van der Waals surface area contributed by atoms with Gasteiger partial charge in [-0.2, -0.15) is 0 Å². The van der Waals surface area contributed by atoms with E-state index >= 15 is 0 Å². The van der Waals surface area contributed by atoms with Gasteiger partial charge in [-0.05, 0) is 31.4 Å². The fraction of sp³-hybridized carbons (Fsp3) is 0.350. The molecule has 0 unspecified atom stereocenters. The van der Waals surface area contributed by atoms with Crippen LogP contribution in [0.25, 0.3) is 0 Å². The van der Waals surface area contributed by atoms with Crippen LogP contribution in [0.15, 0.2) is 53.1 Å². The molecule has 0 aromatic heterocycles. The quantitative estimate of drug-likeness (QED) is 0.363. The first-order valence-corrected chi connectivity index (χ1v) is 8.03. The summed E-state index contributed by atoms with van der Waals surface area (Å²) in [4.78, 5) is 37.5. The molecule has 0 radical (unpaired) electrons. The molecule has 1 aliphatic carbocycles. The van der Waals surface area contributed by atoms with Gasteiger partial charge in [-0.25, -0.2) is 0 Å². The van der Waals surface area contributed by atoms with Crippen LogP contribution in [0.4, 0.5) is 0 Å². The number of hydrogen-bond acceptors (Lipinski definition) is 5. The fourth-order valence-corrected chi connectivity index (χ4v) is 3.27. The third-order valence-corrected chi connectivity index (χ3v) is 4.69. The van der Waals surface area contributed by atoms with E-state index in [9.17, 15) is 14.4 Å². The van der Waals surface area contributed by atoms with Crippen molar-refractivity contribution < 1.29 is 23.9 Å². The number of carbonyl (C=O) groups excluding carboxylic acids is 3. The van der Waals surface area contributed by atoms with Gasteiger partial charge in [-0.3, -0.25) is 14.4 Å². The van der Waals surface area contributed by atoms with Crippen molar-refractivity contribution >= 4 is 17.7 Å². The van der Waals surface area contributed by atoms with Gasteiger partial charge < -0.3 is 9.47 Å². The largest absolute Gasteiger partial charge is 0.468 e. The van der Waals surface area contributed by atoms with Gasteiger partial charge in [0.15, 0.2) is 11.2 Å². The number of esters is 2. The van der Waals surface area contributed by atoms with E-state index < -0.39 is 17.4 Å². The summed E-state index contributed by atoms with van der Waals surface area (Å²) in [6, 6.07) is 8.91. The predicted octanol–water partition coefficient (Wildman–Crippen LogP) is 3.26. The zero-order valence-electron chi connectivity index (χ0n) is 14.9. The van der Waals surface area contributed by atoms with Gasteiger partial charge in [0, 0.05) is 17.6 Å². The van der Waals surface area contributed by atoms with Crippen LogP contribution in [-0.4, -0.2) is 31.9 Å². The molecule has 2 rings (SSSR count). The van der Waals surface area contributed by atoms with E-state index in [1.54, 1.807) is 31.2 Å². The molecule has 1 fully saturated rings. The molecular formula is C20H22O5. The molecule has 5 nitrogen and oxygen atoms in total. The SMILES string of the molecule is C/C=C1\CC(C(=O)OC)(C(=O)OC)C\C1=C(\C)C(=O)c1ccccc1. The van der Waals surface area contributed by atoms with E-state index in [4.69, 9.17) is 9.47 Å². The molecule has 0 N–H and O–H groups in total. The van der Waals surface area contributed by atoms with Gasteiger partial charge in [-0.1, -0.05) is 36.4 Å². The molecule has 1 aromatic rings. The molecule has 25 heavy (non-hydrogen) atoms. The lowest BCUT2D eigenvalue weighted by atomic mass is 9.85. The third kappa shape index (κ3) is 3.27. The van der Waals surface area contributed by atoms with Crippen LogP contribution in [0.1, 0.15) is 37.0 Å². The van der Waals surface area contributed by atoms with Crippen molar-refractivity contribution in [3.05, 3.63) is 58.7 Å². The van der Waals surface area contributed by atoms with E-state index in [1.807, 2.05) is 19.1 Å². The number of methoxy groups -OCH3 is 2. The van der Waals surface area contributed by atoms with Crippen LogP contribution in [0.5, 0.6) is 0 Å². The maximum absolute atomic E-state index is 12.8. The Morgan fingerprint density at radius 3 is 2.04 bits per heavy atom. The van der Waals surface area contributed by atoms with Crippen LogP contribution in [0, 0.1) is 5.41 Å². The smallest absolute Gasteiger partial charge is 0.323 e. The number of benzene rings is 1. The molecule has 0 spiro atoms. The Morgan fingerprint density at radius 2 is 1.56 bits per heavy atom. The standard InChI is InChI=1S/C20H22O5/c1-5-14-11-20(18(22)24-3,19(23)25-4)12-16(14)13(2)17(21)15-9-7-6-8-10-15/h5-10H,11-12H2,1-4H3/b14-5+,16-13+. The van der Waals surface area contributed by atoms with Gasteiger partial charge in [0.2, 0.25) is 0 Å². The van der Waals surface area contributed by atoms with Crippen molar-refractivity contribution in [3.63, 3.8) is 0 Å². The first-order chi connectivity index (χ1) is 11.9. The first kappa shape index (κ1) is 18.6. The highest BCUT2D eigenvalue weighted by atomic mass is 16.5. The van der Waals surface area contributed by atoms with Gasteiger partial charge >= 0.3 is 11.9 Å². The minimum absolute atomic E-state index is 0.0937. The Kier molecular flexibility index (Phi) is 5.57. The average Bonchev–Trinajstić information content (AvgIpc) is 3.07. The van der Waals surface area contributed by atoms with Crippen LogP contribution in [0.2, 0.25) is 0 Å². The summed E-state index contributed by atoms with van der Waals surface area (Å²) in [5.74, 6) is -1.41. The average molecular weight is 342 g/mol. The molecule has 1 saturated carbocycles. The topological polar surface area (TPSA) is 69.7 Å². The molecule has 0 saturated heterocycles. The third-order valence-electron chi connectivity index (χ3n) is 4.69. The first-order valence-electron chi connectivity index (χ1n) is 8.03. The zero-order chi connectivity index (χ0) is 18.6. The summed E-state index contributed by atoms with van der Waals surface area (Å²) in [6.45, 7) is 3.54. The van der Waals surface area contributed by atoms with Crippen molar-refractivity contribution in [2.45, 2.75) is 26.7 Å². The summed E-state index contributed by atoms with van der Waals surface area (Å²) in [5.41, 5.74) is 1.15. The highest BCUT2D eigenvalue weighted by molar-refractivity contribution is 6.10. The van der Waals surface area contributed by atoms with Gasteiger partial charge in [0.25, 0.3) is 0 Å². The number of ketones is 1. The summed E-state index contributed by atoms with van der Waals surface area (Å²) < 4.78 is 9.70. The summed E-state index contributed by atoms with van der Waals surface area (Å²) in [6.07, 6.45) is 2.08. The monoisotopic (exact) mass is 342 g/mol. The normalized spacial score (nSPS) is 19.4. The van der Waals surface area contributed by atoms with E-state index in [-0.39, 0.29) is 18.6 Å². The Morgan fingerprint density at radius 1 is 1.00 bits per heavy atom. The van der Waals surface area contributed by atoms with Gasteiger partial charge in [0.1, 0.15) is 0 Å². The second-order valence-electron chi connectivity index (χ2n) is 6.03. The van der Waals surface area contributed by atoms with Crippen LogP contribution < -0.4 is 0 Å². The number of ether oxygens (including phenoxy) is 2. The number of Topliss-reactive ketones (excluding diaryl/α,β-unsaturated/α-hetero) is 1. The Labute approximate surface area is 147 Å². The summed E-state index contributed by atoms with van der Waals surface area (Å²) in [5, 5.41) is 0. The van der Waals surface area contributed by atoms with E-state index in [1.165, 1.54) is 14.2 Å². The minimum Gasteiger partial charge on any atom is -0.468 e. The Balaban J connectivity index is 2.52. The molecule has 0 heterocycles. The molecule has 0 aliphatic heterocycles. The lowest BCUT2D eigenvalue weighted by Gasteiger charge is -2.22. The number of carbonyl (C=O) groups is 3. The summed E-state index contributed by atoms with van der Waals surface area (Å²) in [7, 11) is 2.48. The second kappa shape index (κ2) is 7.47. The van der Waals surface area contributed by atoms with Crippen LogP contribution >= 0.6 is 0 Å². The molecule has 132 valence electrons. The number of rotatable bonds is 4. The van der Waals surface area contributed by atoms with Gasteiger partial charge in [-0.15, -0.1) is 0 Å². The zero-order valence-corrected chi connectivity index (χ0v) is 14.9. The fourth-order valence-electron chi connectivity index (χ4n) is 3.27. The Hall–Kier alpha value is -2.69. The lowest BCUT2D eigenvalue weighted by molar-refractivity contribution is -0.168.